The van der Waals surface area contributed by atoms with E-state index in [1.165, 1.54) is 19.6 Å². The predicted molar refractivity (Wildman–Crippen MR) is 74.7 cm³/mol. The third-order valence-corrected chi connectivity index (χ3v) is 4.62. The summed E-state index contributed by atoms with van der Waals surface area (Å²) in [4.78, 5) is 16.8. The average molecular weight is 252 g/mol. The minimum Gasteiger partial charge on any atom is -0.303 e. The van der Waals surface area contributed by atoms with Crippen LogP contribution in [0, 0.1) is 11.8 Å². The molecular weight excluding hydrogens is 224 g/mol. The van der Waals surface area contributed by atoms with Crippen LogP contribution in [0.3, 0.4) is 0 Å². The Morgan fingerprint density at radius 3 is 2.33 bits per heavy atom. The van der Waals surface area contributed by atoms with E-state index in [1.807, 2.05) is 6.92 Å². The molecular formula is C15H28N2O. The first-order valence-corrected chi connectivity index (χ1v) is 7.59. The summed E-state index contributed by atoms with van der Waals surface area (Å²) in [6, 6.07) is 0.703. The van der Waals surface area contributed by atoms with Gasteiger partial charge >= 0.3 is 0 Å². The predicted octanol–water partition coefficient (Wildman–Crippen LogP) is 2.02. The number of ketones is 1. The maximum atomic E-state index is 11.7. The smallest absolute Gasteiger partial charge is 0.135 e. The van der Waals surface area contributed by atoms with Crippen LogP contribution in [0.4, 0.5) is 0 Å². The Labute approximate surface area is 112 Å². The van der Waals surface area contributed by atoms with Crippen LogP contribution in [-0.2, 0) is 4.79 Å². The van der Waals surface area contributed by atoms with Crippen molar-refractivity contribution in [3.8, 4) is 0 Å². The van der Waals surface area contributed by atoms with E-state index in [0.29, 0.717) is 17.7 Å². The van der Waals surface area contributed by atoms with Gasteiger partial charge in [-0.1, -0.05) is 6.92 Å². The number of likely N-dealkylation sites (tertiary alicyclic amines) is 2. The van der Waals surface area contributed by atoms with E-state index in [2.05, 4.69) is 23.6 Å². The molecule has 2 fully saturated rings. The first-order valence-electron chi connectivity index (χ1n) is 7.59. The molecule has 0 bridgehead atoms. The van der Waals surface area contributed by atoms with Gasteiger partial charge in [-0.2, -0.15) is 0 Å². The molecule has 0 unspecified atom stereocenters. The number of Topliss-reactive ketones (excluding diaryl/α,β-unsaturated/α-hetero) is 1. The average Bonchev–Trinajstić information content (AvgIpc) is 2.32. The topological polar surface area (TPSA) is 23.6 Å². The van der Waals surface area contributed by atoms with Gasteiger partial charge in [-0.05, 0) is 45.7 Å². The van der Waals surface area contributed by atoms with Crippen molar-refractivity contribution < 1.29 is 4.79 Å². The van der Waals surface area contributed by atoms with Crippen molar-refractivity contribution in [2.24, 2.45) is 11.8 Å². The lowest BCUT2D eigenvalue weighted by Crippen LogP contribution is -2.54. The minimum absolute atomic E-state index is 0.361. The maximum absolute atomic E-state index is 11.7. The number of hydrogen-bond donors (Lipinski definition) is 0. The number of piperidine rings is 1. The van der Waals surface area contributed by atoms with E-state index in [4.69, 9.17) is 0 Å². The molecule has 18 heavy (non-hydrogen) atoms. The summed E-state index contributed by atoms with van der Waals surface area (Å²) >= 11 is 0. The molecule has 0 N–H and O–H groups in total. The van der Waals surface area contributed by atoms with E-state index in [0.717, 1.165) is 38.3 Å². The fourth-order valence-corrected chi connectivity index (χ4v) is 3.24. The summed E-state index contributed by atoms with van der Waals surface area (Å²) in [6.45, 7) is 12.6. The highest BCUT2D eigenvalue weighted by molar-refractivity contribution is 5.80. The van der Waals surface area contributed by atoms with Gasteiger partial charge in [-0.3, -0.25) is 4.79 Å². The Morgan fingerprint density at radius 1 is 1.22 bits per heavy atom. The Bertz CT molecular complexity index is 276. The summed E-state index contributed by atoms with van der Waals surface area (Å²) in [6.07, 6.45) is 2.90. The number of carbonyl (C=O) groups excluding carboxylic acids is 1. The van der Waals surface area contributed by atoms with Crippen molar-refractivity contribution in [1.82, 2.24) is 9.80 Å². The van der Waals surface area contributed by atoms with Crippen LogP contribution < -0.4 is 0 Å². The lowest BCUT2D eigenvalue weighted by atomic mass is 9.90. The van der Waals surface area contributed by atoms with Gasteiger partial charge in [0.25, 0.3) is 0 Å². The largest absolute Gasteiger partial charge is 0.303 e. The normalized spacial score (nSPS) is 24.4. The molecule has 2 saturated heterocycles. The first-order chi connectivity index (χ1) is 8.60. The minimum atomic E-state index is 0.361. The fourth-order valence-electron chi connectivity index (χ4n) is 3.24. The van der Waals surface area contributed by atoms with Crippen LogP contribution in [0.1, 0.15) is 40.0 Å². The van der Waals surface area contributed by atoms with E-state index in [1.54, 1.807) is 0 Å². The standard InChI is InChI=1S/C15H28N2O/c1-4-15(18)14-5-7-16(8-6-14)9-13-10-17(11-13)12(2)3/h12-14H,4-11H2,1-3H3. The molecule has 2 aliphatic rings. The van der Waals surface area contributed by atoms with Gasteiger partial charge in [0.2, 0.25) is 0 Å². The number of rotatable bonds is 5. The van der Waals surface area contributed by atoms with E-state index in [9.17, 15) is 4.79 Å². The number of carbonyl (C=O) groups is 1. The zero-order valence-corrected chi connectivity index (χ0v) is 12.2. The summed E-state index contributed by atoms with van der Waals surface area (Å²) in [7, 11) is 0. The van der Waals surface area contributed by atoms with Gasteiger partial charge in [0.1, 0.15) is 5.78 Å². The van der Waals surface area contributed by atoms with Crippen LogP contribution in [0.2, 0.25) is 0 Å². The molecule has 0 radical (unpaired) electrons. The Hall–Kier alpha value is -0.410. The molecule has 0 aromatic rings. The molecule has 0 spiro atoms. The van der Waals surface area contributed by atoms with Crippen molar-refractivity contribution >= 4 is 5.78 Å². The molecule has 0 aliphatic carbocycles. The molecule has 0 aromatic heterocycles. The molecule has 104 valence electrons. The lowest BCUT2D eigenvalue weighted by Gasteiger charge is -2.45. The molecule has 3 nitrogen and oxygen atoms in total. The molecule has 2 heterocycles. The molecule has 0 aromatic carbocycles. The third-order valence-electron chi connectivity index (χ3n) is 4.62. The molecule has 0 amide bonds. The lowest BCUT2D eigenvalue weighted by molar-refractivity contribution is -0.124. The van der Waals surface area contributed by atoms with Crippen molar-refractivity contribution in [3.63, 3.8) is 0 Å². The van der Waals surface area contributed by atoms with Gasteiger partial charge < -0.3 is 9.80 Å². The van der Waals surface area contributed by atoms with Crippen molar-refractivity contribution in [2.75, 3.05) is 32.7 Å². The van der Waals surface area contributed by atoms with Crippen LogP contribution in [0.15, 0.2) is 0 Å². The van der Waals surface area contributed by atoms with Crippen molar-refractivity contribution in [1.29, 1.82) is 0 Å². The third kappa shape index (κ3) is 3.33. The molecule has 0 saturated carbocycles. The maximum Gasteiger partial charge on any atom is 0.135 e. The van der Waals surface area contributed by atoms with Gasteiger partial charge in [0.15, 0.2) is 0 Å². The zero-order chi connectivity index (χ0) is 13.1. The SMILES string of the molecule is CCC(=O)C1CCN(CC2CN(C(C)C)C2)CC1. The van der Waals surface area contributed by atoms with E-state index < -0.39 is 0 Å². The Kier molecular flexibility index (Phi) is 4.79. The zero-order valence-electron chi connectivity index (χ0n) is 12.2. The van der Waals surface area contributed by atoms with Gasteiger partial charge in [0.05, 0.1) is 0 Å². The summed E-state index contributed by atoms with van der Waals surface area (Å²) in [5, 5.41) is 0. The van der Waals surface area contributed by atoms with Crippen LogP contribution in [0.5, 0.6) is 0 Å². The second-order valence-electron chi connectivity index (χ2n) is 6.31. The number of nitrogens with zero attached hydrogens (tertiary/aromatic N) is 2. The van der Waals surface area contributed by atoms with Crippen LogP contribution >= 0.6 is 0 Å². The summed E-state index contributed by atoms with van der Waals surface area (Å²) in [5.41, 5.74) is 0. The van der Waals surface area contributed by atoms with Gasteiger partial charge in [0, 0.05) is 38.0 Å². The first kappa shape index (κ1) is 14.0. The Morgan fingerprint density at radius 2 is 1.83 bits per heavy atom. The van der Waals surface area contributed by atoms with Gasteiger partial charge in [-0.15, -0.1) is 0 Å². The monoisotopic (exact) mass is 252 g/mol. The fraction of sp³-hybridized carbons (Fsp3) is 0.933. The quantitative estimate of drug-likeness (QED) is 0.748. The Balaban J connectivity index is 1.64. The van der Waals surface area contributed by atoms with Crippen molar-refractivity contribution in [3.05, 3.63) is 0 Å². The highest BCUT2D eigenvalue weighted by Crippen LogP contribution is 2.23. The van der Waals surface area contributed by atoms with Crippen LogP contribution in [0.25, 0.3) is 0 Å². The second kappa shape index (κ2) is 6.16. The van der Waals surface area contributed by atoms with E-state index in [-0.39, 0.29) is 0 Å². The highest BCUT2D eigenvalue weighted by atomic mass is 16.1. The molecule has 3 heteroatoms. The summed E-state index contributed by atoms with van der Waals surface area (Å²) < 4.78 is 0. The second-order valence-corrected chi connectivity index (χ2v) is 6.31. The molecule has 2 aliphatic heterocycles. The number of hydrogen-bond acceptors (Lipinski definition) is 3. The molecule has 0 atom stereocenters. The summed E-state index contributed by atoms with van der Waals surface area (Å²) in [5.74, 6) is 1.70. The van der Waals surface area contributed by atoms with Crippen LogP contribution in [-0.4, -0.2) is 54.3 Å². The molecule has 2 rings (SSSR count). The van der Waals surface area contributed by atoms with E-state index >= 15 is 0 Å². The van der Waals surface area contributed by atoms with Gasteiger partial charge in [-0.25, -0.2) is 0 Å². The van der Waals surface area contributed by atoms with Crippen molar-refractivity contribution in [2.45, 2.75) is 46.1 Å². The highest BCUT2D eigenvalue weighted by Gasteiger charge is 2.31.